The van der Waals surface area contributed by atoms with Gasteiger partial charge in [0, 0.05) is 25.4 Å². The molecule has 6 heteroatoms. The van der Waals surface area contributed by atoms with E-state index < -0.39 is 12.2 Å². The zero-order chi connectivity index (χ0) is 24.3. The Kier molecular flexibility index (Phi) is 19.6. The summed E-state index contributed by atoms with van der Waals surface area (Å²) in [5, 5.41) is 40.7. The Balaban J connectivity index is 0. The molecule has 0 aromatic carbocycles. The maximum absolute atomic E-state index is 10.6. The van der Waals surface area contributed by atoms with Crippen molar-refractivity contribution >= 4 is 12.0 Å². The minimum Gasteiger partial charge on any atom is -0.411 e. The Bertz CT molecular complexity index is 528. The van der Waals surface area contributed by atoms with Gasteiger partial charge in [-0.25, -0.2) is 0 Å². The summed E-state index contributed by atoms with van der Waals surface area (Å²) in [7, 11) is 1.00. The molecule has 0 saturated heterocycles. The first-order valence-electron chi connectivity index (χ1n) is 11.5. The second kappa shape index (κ2) is 19.2. The summed E-state index contributed by atoms with van der Waals surface area (Å²) in [6.45, 7) is 9.94. The summed E-state index contributed by atoms with van der Waals surface area (Å²) < 4.78 is 0. The standard InChI is InChI=1S/C22H39NO3.C2H4O.CH4O/c1-5-7-9-10-12-18-17(19(23-26)16-20(18)24)13-14-21(25)22(3,4)15-11-8-6-2;1-2-3;1-2/h9-10,13-14,17-18,20-21,24-26H,5-8,11-12,15-16H2,1-4H3;2H,1H3;2H,1H3/b10-9-,14-13+,23-19-;;/t17-,18-,20+,21-;;/m1../s1. The lowest BCUT2D eigenvalue weighted by Crippen LogP contribution is -2.28. The van der Waals surface area contributed by atoms with Crippen LogP contribution in [0.25, 0.3) is 0 Å². The van der Waals surface area contributed by atoms with Crippen molar-refractivity contribution in [2.45, 2.75) is 98.2 Å². The van der Waals surface area contributed by atoms with Crippen molar-refractivity contribution in [3.8, 4) is 0 Å². The lowest BCUT2D eigenvalue weighted by molar-refractivity contribution is -0.106. The molecule has 1 aliphatic carbocycles. The van der Waals surface area contributed by atoms with Gasteiger partial charge in [0.05, 0.1) is 17.9 Å². The molecule has 0 aromatic rings. The Morgan fingerprint density at radius 2 is 1.77 bits per heavy atom. The molecule has 4 N–H and O–H groups in total. The monoisotopic (exact) mass is 441 g/mol. The van der Waals surface area contributed by atoms with Gasteiger partial charge >= 0.3 is 0 Å². The molecule has 6 nitrogen and oxygen atoms in total. The van der Waals surface area contributed by atoms with Crippen molar-refractivity contribution in [3.05, 3.63) is 24.3 Å². The highest BCUT2D eigenvalue weighted by atomic mass is 16.4. The molecule has 1 aliphatic rings. The third kappa shape index (κ3) is 12.8. The highest BCUT2D eigenvalue weighted by Gasteiger charge is 2.38. The zero-order valence-corrected chi connectivity index (χ0v) is 20.5. The molecule has 0 bridgehead atoms. The second-order valence-corrected chi connectivity index (χ2v) is 8.56. The van der Waals surface area contributed by atoms with Gasteiger partial charge in [0.1, 0.15) is 6.29 Å². The van der Waals surface area contributed by atoms with Gasteiger partial charge in [-0.2, -0.15) is 0 Å². The van der Waals surface area contributed by atoms with Crippen LogP contribution in [-0.2, 0) is 4.79 Å². The van der Waals surface area contributed by atoms with Crippen LogP contribution >= 0.6 is 0 Å². The number of carbonyl (C=O) groups is 1. The van der Waals surface area contributed by atoms with Crippen molar-refractivity contribution in [1.82, 2.24) is 0 Å². The number of nitrogens with zero attached hydrogens (tertiary/aromatic N) is 1. The lowest BCUT2D eigenvalue weighted by Gasteiger charge is -2.29. The smallest absolute Gasteiger partial charge is 0.116 e. The predicted molar refractivity (Wildman–Crippen MR) is 128 cm³/mol. The van der Waals surface area contributed by atoms with Crippen molar-refractivity contribution in [1.29, 1.82) is 0 Å². The molecular formula is C25H47NO5. The van der Waals surface area contributed by atoms with Crippen molar-refractivity contribution in [2.75, 3.05) is 7.11 Å². The quantitative estimate of drug-likeness (QED) is 0.120. The van der Waals surface area contributed by atoms with E-state index in [0.29, 0.717) is 12.1 Å². The number of aliphatic hydroxyl groups is 3. The van der Waals surface area contributed by atoms with Crippen LogP contribution in [0.1, 0.15) is 86.0 Å². The Morgan fingerprint density at radius 3 is 2.29 bits per heavy atom. The largest absolute Gasteiger partial charge is 0.411 e. The first-order chi connectivity index (χ1) is 14.8. The van der Waals surface area contributed by atoms with Crippen LogP contribution in [0.4, 0.5) is 0 Å². The summed E-state index contributed by atoms with van der Waals surface area (Å²) in [6, 6.07) is 0. The van der Waals surface area contributed by atoms with Gasteiger partial charge in [0.25, 0.3) is 0 Å². The van der Waals surface area contributed by atoms with Crippen LogP contribution in [0, 0.1) is 17.3 Å². The number of carbonyl (C=O) groups excluding carboxylic acids is 1. The molecule has 1 saturated carbocycles. The van der Waals surface area contributed by atoms with E-state index >= 15 is 0 Å². The number of allylic oxidation sites excluding steroid dienone is 3. The normalized spacial score (nSPS) is 23.4. The third-order valence-electron chi connectivity index (χ3n) is 5.64. The molecule has 4 atom stereocenters. The summed E-state index contributed by atoms with van der Waals surface area (Å²) in [5.74, 6) is -0.122. The molecule has 0 heterocycles. The van der Waals surface area contributed by atoms with E-state index in [1.54, 1.807) is 0 Å². The first-order valence-corrected chi connectivity index (χ1v) is 11.5. The van der Waals surface area contributed by atoms with Crippen molar-refractivity contribution in [3.63, 3.8) is 0 Å². The number of rotatable bonds is 11. The molecule has 0 unspecified atom stereocenters. The van der Waals surface area contributed by atoms with Crippen LogP contribution in [0.5, 0.6) is 0 Å². The van der Waals surface area contributed by atoms with E-state index in [0.717, 1.165) is 45.5 Å². The zero-order valence-electron chi connectivity index (χ0n) is 20.5. The van der Waals surface area contributed by atoms with Gasteiger partial charge in [0.15, 0.2) is 0 Å². The number of oxime groups is 1. The number of hydrogen-bond acceptors (Lipinski definition) is 6. The summed E-state index contributed by atoms with van der Waals surface area (Å²) in [6.07, 6.45) is 15.5. The van der Waals surface area contributed by atoms with Gasteiger partial charge in [0.2, 0.25) is 0 Å². The minimum absolute atomic E-state index is 0.000611. The molecule has 0 spiro atoms. The molecule has 1 fully saturated rings. The lowest BCUT2D eigenvalue weighted by atomic mass is 9.80. The van der Waals surface area contributed by atoms with Crippen LogP contribution < -0.4 is 0 Å². The van der Waals surface area contributed by atoms with Gasteiger partial charge in [-0.15, -0.1) is 0 Å². The number of unbranched alkanes of at least 4 members (excludes halogenated alkanes) is 3. The molecule has 0 aliphatic heterocycles. The van der Waals surface area contributed by atoms with E-state index in [1.807, 2.05) is 12.2 Å². The van der Waals surface area contributed by atoms with Crippen LogP contribution in [0.2, 0.25) is 0 Å². The van der Waals surface area contributed by atoms with Crippen molar-refractivity contribution < 1.29 is 25.3 Å². The third-order valence-corrected chi connectivity index (χ3v) is 5.64. The molecule has 182 valence electrons. The van der Waals surface area contributed by atoms with Gasteiger partial charge in [-0.1, -0.05) is 82.8 Å². The van der Waals surface area contributed by atoms with Gasteiger partial charge in [-0.3, -0.25) is 0 Å². The minimum atomic E-state index is -0.548. The molecule has 0 aromatic heterocycles. The average Bonchev–Trinajstić information content (AvgIpc) is 3.06. The van der Waals surface area contributed by atoms with Gasteiger partial charge < -0.3 is 25.3 Å². The fourth-order valence-electron chi connectivity index (χ4n) is 3.65. The molecule has 31 heavy (non-hydrogen) atoms. The molecule has 0 amide bonds. The Hall–Kier alpha value is -1.50. The average molecular weight is 442 g/mol. The molecule has 1 rings (SSSR count). The topological polar surface area (TPSA) is 110 Å². The van der Waals surface area contributed by atoms with E-state index in [2.05, 4.69) is 45.0 Å². The van der Waals surface area contributed by atoms with E-state index in [-0.39, 0.29) is 17.3 Å². The van der Waals surface area contributed by atoms with Crippen LogP contribution in [0.15, 0.2) is 29.5 Å². The van der Waals surface area contributed by atoms with Crippen LogP contribution in [0.3, 0.4) is 0 Å². The second-order valence-electron chi connectivity index (χ2n) is 8.56. The Morgan fingerprint density at radius 1 is 1.16 bits per heavy atom. The summed E-state index contributed by atoms with van der Waals surface area (Å²) in [4.78, 5) is 8.81. The van der Waals surface area contributed by atoms with Crippen molar-refractivity contribution in [2.24, 2.45) is 22.4 Å². The SMILES string of the molecule is CC=O.CCC/C=C\C[C@H]1[C@@H](O)C/C(=N/O)[C@@H]1/C=C/[C@@H](O)C(C)(C)CCCCC.CO. The maximum Gasteiger partial charge on any atom is 0.116 e. The fourth-order valence-corrected chi connectivity index (χ4v) is 3.65. The first kappa shape index (κ1) is 31.7. The number of hydrogen-bond donors (Lipinski definition) is 4. The highest BCUT2D eigenvalue weighted by Crippen LogP contribution is 2.35. The molecule has 0 radical (unpaired) electrons. The highest BCUT2D eigenvalue weighted by molar-refractivity contribution is 5.90. The number of aldehydes is 1. The summed E-state index contributed by atoms with van der Waals surface area (Å²) in [5.41, 5.74) is 0.425. The molecular weight excluding hydrogens is 394 g/mol. The predicted octanol–water partition coefficient (Wildman–Crippen LogP) is 4.90. The summed E-state index contributed by atoms with van der Waals surface area (Å²) >= 11 is 0. The van der Waals surface area contributed by atoms with E-state index in [1.165, 1.54) is 19.8 Å². The fraction of sp³-hybridized carbons (Fsp3) is 0.760. The van der Waals surface area contributed by atoms with E-state index in [4.69, 9.17) is 9.90 Å². The Labute approximate surface area is 189 Å². The van der Waals surface area contributed by atoms with Crippen LogP contribution in [-0.4, -0.2) is 51.8 Å². The number of aliphatic hydroxyl groups excluding tert-OH is 3. The maximum atomic E-state index is 10.6. The van der Waals surface area contributed by atoms with Gasteiger partial charge in [-0.05, 0) is 31.6 Å². The van der Waals surface area contributed by atoms with E-state index in [9.17, 15) is 15.4 Å².